The predicted molar refractivity (Wildman–Crippen MR) is 91.1 cm³/mol. The van der Waals surface area contributed by atoms with Gasteiger partial charge in [0.1, 0.15) is 5.82 Å². The monoisotopic (exact) mass is 383 g/mol. The van der Waals surface area contributed by atoms with Gasteiger partial charge in [-0.25, -0.2) is 4.98 Å². The molecule has 0 amide bonds. The van der Waals surface area contributed by atoms with Crippen LogP contribution in [0.25, 0.3) is 22.3 Å². The third-order valence-electron chi connectivity index (χ3n) is 3.59. The molecule has 6 nitrogen and oxygen atoms in total. The molecular formula is C16H12F3N3O3S. The van der Waals surface area contributed by atoms with Gasteiger partial charge in [-0.3, -0.25) is 9.52 Å². The van der Waals surface area contributed by atoms with Crippen LogP contribution in [0.4, 0.5) is 18.9 Å². The van der Waals surface area contributed by atoms with E-state index in [1.807, 2.05) is 0 Å². The van der Waals surface area contributed by atoms with Gasteiger partial charge >= 0.3 is 15.5 Å². The Morgan fingerprint density at radius 2 is 1.81 bits per heavy atom. The van der Waals surface area contributed by atoms with E-state index in [9.17, 15) is 26.4 Å². The van der Waals surface area contributed by atoms with Crippen molar-refractivity contribution in [1.29, 1.82) is 0 Å². The Kier molecular flexibility index (Phi) is 4.23. The van der Waals surface area contributed by atoms with Gasteiger partial charge in [-0.15, -0.1) is 0 Å². The number of fused-ring (bicyclic) bond motifs is 1. The number of H-pyrrole nitrogens is 1. The van der Waals surface area contributed by atoms with Crippen LogP contribution in [-0.4, -0.2) is 23.9 Å². The van der Waals surface area contributed by atoms with Gasteiger partial charge in [-0.1, -0.05) is 23.8 Å². The van der Waals surface area contributed by atoms with Crippen molar-refractivity contribution in [3.63, 3.8) is 0 Å². The van der Waals surface area contributed by atoms with Gasteiger partial charge in [0.15, 0.2) is 0 Å². The topological polar surface area (TPSA) is 91.9 Å². The Hall–Kier alpha value is -2.88. The first kappa shape index (κ1) is 17.9. The van der Waals surface area contributed by atoms with Crippen LogP contribution in [0, 0.1) is 6.92 Å². The molecule has 0 fully saturated rings. The van der Waals surface area contributed by atoms with E-state index in [2.05, 4.69) is 9.97 Å². The summed E-state index contributed by atoms with van der Waals surface area (Å²) in [6.07, 6.45) is 0. The molecule has 0 unspecified atom stereocenters. The van der Waals surface area contributed by atoms with Gasteiger partial charge < -0.3 is 4.98 Å². The number of anilines is 1. The Labute approximate surface area is 145 Å². The molecule has 2 N–H and O–H groups in total. The number of aromatic amines is 1. The minimum atomic E-state index is -5.61. The summed E-state index contributed by atoms with van der Waals surface area (Å²) >= 11 is 0. The van der Waals surface area contributed by atoms with Crippen LogP contribution < -0.4 is 10.3 Å². The van der Waals surface area contributed by atoms with Crippen molar-refractivity contribution in [2.45, 2.75) is 12.4 Å². The van der Waals surface area contributed by atoms with Crippen LogP contribution in [0.15, 0.2) is 47.3 Å². The van der Waals surface area contributed by atoms with E-state index in [0.717, 1.165) is 11.6 Å². The van der Waals surface area contributed by atoms with E-state index in [1.165, 1.54) is 22.9 Å². The fraction of sp³-hybridized carbons (Fsp3) is 0.125. The summed E-state index contributed by atoms with van der Waals surface area (Å²) in [7, 11) is -5.61. The second-order valence-electron chi connectivity index (χ2n) is 5.53. The third kappa shape index (κ3) is 3.27. The highest BCUT2D eigenvalue weighted by atomic mass is 32.2. The van der Waals surface area contributed by atoms with Crippen LogP contribution in [0.3, 0.4) is 0 Å². The van der Waals surface area contributed by atoms with E-state index < -0.39 is 21.1 Å². The number of sulfonamides is 1. The zero-order valence-corrected chi connectivity index (χ0v) is 14.1. The molecule has 26 heavy (non-hydrogen) atoms. The molecule has 10 heteroatoms. The number of nitrogens with zero attached hydrogens (tertiary/aromatic N) is 1. The molecule has 0 atom stereocenters. The normalized spacial score (nSPS) is 12.3. The zero-order chi connectivity index (χ0) is 19.1. The number of hydrogen-bond acceptors (Lipinski definition) is 4. The van der Waals surface area contributed by atoms with Crippen LogP contribution in [0.1, 0.15) is 5.56 Å². The molecule has 0 radical (unpaired) electrons. The number of nitrogens with one attached hydrogen (secondary N) is 2. The summed E-state index contributed by atoms with van der Waals surface area (Å²) < 4.78 is 62.2. The first-order valence-corrected chi connectivity index (χ1v) is 8.76. The van der Waals surface area contributed by atoms with Crippen molar-refractivity contribution in [3.05, 3.63) is 58.4 Å². The van der Waals surface area contributed by atoms with Crippen molar-refractivity contribution in [3.8, 4) is 11.4 Å². The number of aryl methyl sites for hydroxylation is 1. The van der Waals surface area contributed by atoms with Gasteiger partial charge in [0.2, 0.25) is 0 Å². The Bertz CT molecular complexity index is 1150. The molecule has 0 bridgehead atoms. The lowest BCUT2D eigenvalue weighted by molar-refractivity contribution is -0.0429. The number of para-hydroxylation sites is 1. The molecule has 3 aromatic rings. The van der Waals surface area contributed by atoms with Gasteiger partial charge in [0.05, 0.1) is 16.6 Å². The molecule has 3 rings (SSSR count). The maximum absolute atomic E-state index is 12.6. The van der Waals surface area contributed by atoms with Gasteiger partial charge in [-0.05, 0) is 31.2 Å². The van der Waals surface area contributed by atoms with Crippen molar-refractivity contribution in [2.75, 3.05) is 4.72 Å². The summed E-state index contributed by atoms with van der Waals surface area (Å²) in [5, 5.41) is 0.321. The maximum Gasteiger partial charge on any atom is 0.516 e. The lowest BCUT2D eigenvalue weighted by atomic mass is 10.1. The Morgan fingerprint density at radius 3 is 2.50 bits per heavy atom. The molecule has 0 aliphatic carbocycles. The Morgan fingerprint density at radius 1 is 1.12 bits per heavy atom. The van der Waals surface area contributed by atoms with Crippen molar-refractivity contribution < 1.29 is 21.6 Å². The smallest absolute Gasteiger partial charge is 0.306 e. The molecule has 0 saturated heterocycles. The number of rotatable bonds is 3. The quantitative estimate of drug-likeness (QED) is 0.727. The van der Waals surface area contributed by atoms with Crippen LogP contribution in [-0.2, 0) is 10.0 Å². The minimum absolute atomic E-state index is 0.0138. The largest absolute Gasteiger partial charge is 0.516 e. The summed E-state index contributed by atoms with van der Waals surface area (Å²) in [4.78, 5) is 19.0. The van der Waals surface area contributed by atoms with Crippen molar-refractivity contribution in [2.24, 2.45) is 0 Å². The second kappa shape index (κ2) is 6.13. The van der Waals surface area contributed by atoms with Crippen LogP contribution >= 0.6 is 0 Å². The van der Waals surface area contributed by atoms with Gasteiger partial charge in [0, 0.05) is 5.56 Å². The first-order valence-electron chi connectivity index (χ1n) is 7.28. The number of alkyl halides is 3. The Balaban J connectivity index is 2.16. The minimum Gasteiger partial charge on any atom is -0.306 e. The third-order valence-corrected chi connectivity index (χ3v) is 4.69. The van der Waals surface area contributed by atoms with E-state index >= 15 is 0 Å². The number of aromatic nitrogens is 2. The summed E-state index contributed by atoms with van der Waals surface area (Å²) in [5.41, 5.74) is -5.11. The lowest BCUT2D eigenvalue weighted by Gasteiger charge is -2.14. The molecular weight excluding hydrogens is 371 g/mol. The average Bonchev–Trinajstić information content (AvgIpc) is 2.54. The molecule has 0 aliphatic rings. The standard InChI is InChI=1S/C16H12F3N3O3S/c1-9-6-7-12-11(8-9)15(23)21-14(20-12)10-4-2-3-5-13(10)22-26(24,25)16(17,18)19/h2-8,22H,1H3,(H,20,21,23). The van der Waals surface area contributed by atoms with E-state index in [-0.39, 0.29) is 17.1 Å². The first-order chi connectivity index (χ1) is 12.1. The predicted octanol–water partition coefficient (Wildman–Crippen LogP) is 3.16. The molecule has 0 spiro atoms. The number of hydrogen-bond donors (Lipinski definition) is 2. The van der Waals surface area contributed by atoms with Crippen LogP contribution in [0.2, 0.25) is 0 Å². The number of benzene rings is 2. The summed E-state index contributed by atoms with van der Waals surface area (Å²) in [6, 6.07) is 10.3. The highest BCUT2D eigenvalue weighted by Gasteiger charge is 2.46. The molecule has 2 aromatic carbocycles. The zero-order valence-electron chi connectivity index (χ0n) is 13.3. The van der Waals surface area contributed by atoms with E-state index in [0.29, 0.717) is 10.9 Å². The van der Waals surface area contributed by atoms with Crippen LogP contribution in [0.5, 0.6) is 0 Å². The van der Waals surface area contributed by atoms with Gasteiger partial charge in [-0.2, -0.15) is 21.6 Å². The van der Waals surface area contributed by atoms with E-state index in [4.69, 9.17) is 0 Å². The molecule has 0 aliphatic heterocycles. The molecule has 136 valence electrons. The fourth-order valence-corrected chi connectivity index (χ4v) is 2.94. The molecule has 0 saturated carbocycles. The second-order valence-corrected chi connectivity index (χ2v) is 7.21. The molecule has 1 aromatic heterocycles. The highest BCUT2D eigenvalue weighted by molar-refractivity contribution is 7.93. The highest BCUT2D eigenvalue weighted by Crippen LogP contribution is 2.30. The maximum atomic E-state index is 12.6. The number of halogens is 3. The average molecular weight is 383 g/mol. The summed E-state index contributed by atoms with van der Waals surface area (Å²) in [6.45, 7) is 1.80. The SMILES string of the molecule is Cc1ccc2nc(-c3ccccc3NS(=O)(=O)C(F)(F)F)[nH]c(=O)c2c1. The van der Waals surface area contributed by atoms with Crippen molar-refractivity contribution in [1.82, 2.24) is 9.97 Å². The van der Waals surface area contributed by atoms with Crippen molar-refractivity contribution >= 4 is 26.6 Å². The molecule has 1 heterocycles. The van der Waals surface area contributed by atoms with Gasteiger partial charge in [0.25, 0.3) is 5.56 Å². The summed E-state index contributed by atoms with van der Waals surface area (Å²) in [5.74, 6) is -0.0492. The fourth-order valence-electron chi connectivity index (χ4n) is 2.36. The lowest BCUT2D eigenvalue weighted by Crippen LogP contribution is -2.30. The van der Waals surface area contributed by atoms with E-state index in [1.54, 1.807) is 25.1 Å².